The summed E-state index contributed by atoms with van der Waals surface area (Å²) < 4.78 is 5.42. The Morgan fingerprint density at radius 3 is 2.66 bits per heavy atom. The number of carbonyl (C=O) groups is 1. The molecule has 29 heavy (non-hydrogen) atoms. The highest BCUT2D eigenvalue weighted by molar-refractivity contribution is 6.04. The van der Waals surface area contributed by atoms with Crippen molar-refractivity contribution in [2.45, 2.75) is 6.54 Å². The lowest BCUT2D eigenvalue weighted by Gasteiger charge is -2.30. The van der Waals surface area contributed by atoms with Gasteiger partial charge in [-0.3, -0.25) is 9.78 Å². The molecule has 0 saturated carbocycles. The van der Waals surface area contributed by atoms with Crippen LogP contribution in [0.5, 0.6) is 0 Å². The van der Waals surface area contributed by atoms with Crippen molar-refractivity contribution in [3.05, 3.63) is 72.3 Å². The molecule has 3 heterocycles. The van der Waals surface area contributed by atoms with Gasteiger partial charge < -0.3 is 20.3 Å². The lowest BCUT2D eigenvalue weighted by atomic mass is 10.2. The summed E-state index contributed by atoms with van der Waals surface area (Å²) in [4.78, 5) is 27.8. The van der Waals surface area contributed by atoms with Gasteiger partial charge in [-0.25, -0.2) is 9.97 Å². The van der Waals surface area contributed by atoms with E-state index in [9.17, 15) is 4.79 Å². The Morgan fingerprint density at radius 2 is 1.83 bits per heavy atom. The minimum absolute atomic E-state index is 0.283. The predicted octanol–water partition coefficient (Wildman–Crippen LogP) is 2.57. The molecule has 1 aliphatic heterocycles. The molecule has 1 amide bonds. The highest BCUT2D eigenvalue weighted by Gasteiger charge is 2.17. The van der Waals surface area contributed by atoms with Crippen LogP contribution in [0, 0.1) is 0 Å². The number of hydrogen-bond acceptors (Lipinski definition) is 7. The van der Waals surface area contributed by atoms with Crippen LogP contribution in [0.4, 0.5) is 17.3 Å². The quantitative estimate of drug-likeness (QED) is 0.668. The predicted molar refractivity (Wildman–Crippen MR) is 111 cm³/mol. The van der Waals surface area contributed by atoms with Crippen molar-refractivity contribution >= 4 is 23.2 Å². The molecule has 4 rings (SSSR count). The Labute approximate surface area is 169 Å². The van der Waals surface area contributed by atoms with Crippen LogP contribution in [-0.4, -0.2) is 47.2 Å². The van der Waals surface area contributed by atoms with Gasteiger partial charge in [-0.15, -0.1) is 0 Å². The average molecular weight is 390 g/mol. The van der Waals surface area contributed by atoms with E-state index in [1.165, 1.54) is 0 Å². The van der Waals surface area contributed by atoms with Crippen molar-refractivity contribution in [2.24, 2.45) is 0 Å². The Morgan fingerprint density at radius 1 is 1.00 bits per heavy atom. The molecule has 2 N–H and O–H groups in total. The molecular weight excluding hydrogens is 368 g/mol. The maximum absolute atomic E-state index is 12.8. The van der Waals surface area contributed by atoms with Gasteiger partial charge >= 0.3 is 0 Å². The van der Waals surface area contributed by atoms with Crippen LogP contribution in [0.25, 0.3) is 0 Å². The summed E-state index contributed by atoms with van der Waals surface area (Å²) in [6.07, 6.45) is 3.30. The molecule has 0 spiro atoms. The van der Waals surface area contributed by atoms with Gasteiger partial charge in [0.1, 0.15) is 5.69 Å². The van der Waals surface area contributed by atoms with Crippen LogP contribution in [0.3, 0.4) is 0 Å². The van der Waals surface area contributed by atoms with E-state index in [2.05, 4.69) is 30.5 Å². The maximum Gasteiger partial charge on any atom is 0.274 e. The molecule has 1 fully saturated rings. The minimum Gasteiger partial charge on any atom is -0.378 e. The first kappa shape index (κ1) is 18.8. The van der Waals surface area contributed by atoms with Crippen LogP contribution < -0.4 is 15.5 Å². The van der Waals surface area contributed by atoms with Gasteiger partial charge in [0.2, 0.25) is 5.95 Å². The zero-order chi connectivity index (χ0) is 19.9. The van der Waals surface area contributed by atoms with E-state index in [4.69, 9.17) is 4.74 Å². The number of rotatable bonds is 6. The average Bonchev–Trinajstić information content (AvgIpc) is 2.79. The lowest BCUT2D eigenvalue weighted by Crippen LogP contribution is -2.36. The van der Waals surface area contributed by atoms with Gasteiger partial charge in [-0.2, -0.15) is 0 Å². The third-order valence-electron chi connectivity index (χ3n) is 4.55. The summed E-state index contributed by atoms with van der Waals surface area (Å²) in [5.41, 5.74) is 2.89. The summed E-state index contributed by atoms with van der Waals surface area (Å²) in [6.45, 7) is 3.43. The fourth-order valence-corrected chi connectivity index (χ4v) is 3.09. The standard InChI is InChI=1S/C21H22N6O2/c28-20(25-17-6-1-2-7-19(17)27-11-13-29-14-12-27)18-8-10-23-21(26-18)24-15-16-5-3-4-9-22-16/h1-10H,11-15H2,(H,25,28)(H,23,24,26). The second kappa shape index (κ2) is 9.11. The second-order valence-corrected chi connectivity index (χ2v) is 6.51. The number of para-hydroxylation sites is 2. The maximum atomic E-state index is 12.8. The molecule has 3 aromatic rings. The summed E-state index contributed by atoms with van der Waals surface area (Å²) in [7, 11) is 0. The highest BCUT2D eigenvalue weighted by Crippen LogP contribution is 2.26. The van der Waals surface area contributed by atoms with E-state index < -0.39 is 0 Å². The second-order valence-electron chi connectivity index (χ2n) is 6.51. The smallest absolute Gasteiger partial charge is 0.274 e. The zero-order valence-electron chi connectivity index (χ0n) is 15.9. The summed E-state index contributed by atoms with van der Waals surface area (Å²) in [5.74, 6) is 0.0961. The first-order valence-corrected chi connectivity index (χ1v) is 9.49. The molecule has 148 valence electrons. The normalized spacial score (nSPS) is 13.7. The van der Waals surface area contributed by atoms with Crippen LogP contribution in [-0.2, 0) is 11.3 Å². The van der Waals surface area contributed by atoms with Crippen molar-refractivity contribution < 1.29 is 9.53 Å². The minimum atomic E-state index is -0.283. The molecule has 1 aliphatic rings. The van der Waals surface area contributed by atoms with Crippen molar-refractivity contribution in [3.8, 4) is 0 Å². The molecule has 0 unspecified atom stereocenters. The van der Waals surface area contributed by atoms with E-state index in [0.29, 0.717) is 31.4 Å². The van der Waals surface area contributed by atoms with Gasteiger partial charge in [0.25, 0.3) is 5.91 Å². The van der Waals surface area contributed by atoms with E-state index in [-0.39, 0.29) is 5.91 Å². The zero-order valence-corrected chi connectivity index (χ0v) is 15.9. The number of benzene rings is 1. The van der Waals surface area contributed by atoms with Gasteiger partial charge in [0.05, 0.1) is 36.8 Å². The van der Waals surface area contributed by atoms with Crippen molar-refractivity contribution in [1.82, 2.24) is 15.0 Å². The van der Waals surface area contributed by atoms with Crippen LogP contribution in [0.2, 0.25) is 0 Å². The van der Waals surface area contributed by atoms with E-state index >= 15 is 0 Å². The van der Waals surface area contributed by atoms with E-state index in [0.717, 1.165) is 30.2 Å². The Hall–Kier alpha value is -3.52. The third kappa shape index (κ3) is 4.85. The first-order chi connectivity index (χ1) is 14.3. The van der Waals surface area contributed by atoms with Gasteiger partial charge in [0, 0.05) is 25.5 Å². The molecule has 1 saturated heterocycles. The third-order valence-corrected chi connectivity index (χ3v) is 4.55. The Balaban J connectivity index is 1.45. The highest BCUT2D eigenvalue weighted by atomic mass is 16.5. The number of hydrogen-bond donors (Lipinski definition) is 2. The fraction of sp³-hybridized carbons (Fsp3) is 0.238. The molecule has 2 aromatic heterocycles. The molecule has 8 nitrogen and oxygen atoms in total. The lowest BCUT2D eigenvalue weighted by molar-refractivity contribution is 0.102. The molecule has 0 bridgehead atoms. The number of anilines is 3. The molecule has 1 aromatic carbocycles. The van der Waals surface area contributed by atoms with E-state index in [1.54, 1.807) is 18.5 Å². The summed E-state index contributed by atoms with van der Waals surface area (Å²) >= 11 is 0. The van der Waals surface area contributed by atoms with Crippen molar-refractivity contribution in [3.63, 3.8) is 0 Å². The van der Waals surface area contributed by atoms with Crippen LogP contribution in [0.1, 0.15) is 16.2 Å². The number of aromatic nitrogens is 3. The summed E-state index contributed by atoms with van der Waals surface area (Å²) in [5, 5.41) is 6.07. The largest absolute Gasteiger partial charge is 0.378 e. The Bertz CT molecular complexity index is 960. The number of amides is 1. The fourth-order valence-electron chi connectivity index (χ4n) is 3.09. The molecule has 0 radical (unpaired) electrons. The van der Waals surface area contributed by atoms with Gasteiger partial charge in [0.15, 0.2) is 0 Å². The van der Waals surface area contributed by atoms with Crippen molar-refractivity contribution in [2.75, 3.05) is 41.8 Å². The van der Waals surface area contributed by atoms with E-state index in [1.807, 2.05) is 42.5 Å². The first-order valence-electron chi connectivity index (χ1n) is 9.49. The van der Waals surface area contributed by atoms with Gasteiger partial charge in [-0.05, 0) is 30.3 Å². The molecular formula is C21H22N6O2. The summed E-state index contributed by atoms with van der Waals surface area (Å²) in [6, 6.07) is 15.0. The van der Waals surface area contributed by atoms with Gasteiger partial charge in [-0.1, -0.05) is 18.2 Å². The number of nitrogens with zero attached hydrogens (tertiary/aromatic N) is 4. The van der Waals surface area contributed by atoms with Crippen LogP contribution >= 0.6 is 0 Å². The number of nitrogens with one attached hydrogen (secondary N) is 2. The number of pyridine rings is 1. The monoisotopic (exact) mass is 390 g/mol. The van der Waals surface area contributed by atoms with Crippen molar-refractivity contribution in [1.29, 1.82) is 0 Å². The number of ether oxygens (including phenoxy) is 1. The number of carbonyl (C=O) groups excluding carboxylic acids is 1. The SMILES string of the molecule is O=C(Nc1ccccc1N1CCOCC1)c1ccnc(NCc2ccccn2)n1. The molecule has 0 aliphatic carbocycles. The molecule has 8 heteroatoms. The topological polar surface area (TPSA) is 92.3 Å². The molecule has 0 atom stereocenters. The Kier molecular flexibility index (Phi) is 5.92. The number of morpholine rings is 1. The van der Waals surface area contributed by atoms with Crippen LogP contribution in [0.15, 0.2) is 60.9 Å².